The Balaban J connectivity index is 1.52. The van der Waals surface area contributed by atoms with Crippen molar-refractivity contribution in [1.82, 2.24) is 10.3 Å². The van der Waals surface area contributed by atoms with Crippen molar-refractivity contribution in [3.05, 3.63) is 71.1 Å². The number of rotatable bonds is 6. The number of amides is 2. The van der Waals surface area contributed by atoms with Crippen LogP contribution in [0.5, 0.6) is 0 Å². The Bertz CT molecular complexity index is 961. The van der Waals surface area contributed by atoms with Crippen LogP contribution in [0.4, 0.5) is 13.9 Å². The summed E-state index contributed by atoms with van der Waals surface area (Å²) in [4.78, 5) is 28.0. The Hall–Kier alpha value is -3.13. The van der Waals surface area contributed by atoms with Crippen LogP contribution in [-0.2, 0) is 4.79 Å². The van der Waals surface area contributed by atoms with Gasteiger partial charge in [0.05, 0.1) is 5.69 Å². The van der Waals surface area contributed by atoms with Gasteiger partial charge in [-0.3, -0.25) is 9.59 Å². The number of hydrogen-bond acceptors (Lipinski definition) is 4. The summed E-state index contributed by atoms with van der Waals surface area (Å²) in [6.45, 7) is 0.163. The van der Waals surface area contributed by atoms with Crippen LogP contribution < -0.4 is 10.6 Å². The van der Waals surface area contributed by atoms with Crippen molar-refractivity contribution in [1.29, 1.82) is 0 Å². The predicted octanol–water partition coefficient (Wildman–Crippen LogP) is 3.85. The maximum atomic E-state index is 13.8. The Labute approximate surface area is 158 Å². The van der Waals surface area contributed by atoms with Gasteiger partial charge < -0.3 is 10.6 Å². The molecule has 2 N–H and O–H groups in total. The third-order valence-electron chi connectivity index (χ3n) is 3.63. The normalized spacial score (nSPS) is 10.4. The van der Waals surface area contributed by atoms with Crippen molar-refractivity contribution >= 4 is 28.3 Å². The molecular weight excluding hydrogens is 372 g/mol. The monoisotopic (exact) mass is 387 g/mol. The van der Waals surface area contributed by atoms with E-state index < -0.39 is 11.6 Å². The number of carbonyl (C=O) groups excluding carboxylic acids is 2. The lowest BCUT2D eigenvalue weighted by molar-refractivity contribution is -0.116. The zero-order valence-electron chi connectivity index (χ0n) is 14.0. The molecule has 2 aromatic carbocycles. The van der Waals surface area contributed by atoms with E-state index in [-0.39, 0.29) is 41.2 Å². The standard InChI is InChI=1S/C19H15F2N3O2S/c20-13-6-7-15(21)14(10-13)16-11-27-19(23-16)24-17(25)8-9-22-18(26)12-4-2-1-3-5-12/h1-7,10-11H,8-9H2,(H,22,26)(H,23,24,25). The molecule has 0 fully saturated rings. The summed E-state index contributed by atoms with van der Waals surface area (Å²) < 4.78 is 27.1. The number of benzene rings is 2. The number of carbonyl (C=O) groups is 2. The second-order valence-electron chi connectivity index (χ2n) is 5.58. The highest BCUT2D eigenvalue weighted by atomic mass is 32.1. The molecule has 138 valence electrons. The van der Waals surface area contributed by atoms with Crippen LogP contribution in [0.2, 0.25) is 0 Å². The van der Waals surface area contributed by atoms with Crippen LogP contribution in [0.1, 0.15) is 16.8 Å². The molecule has 0 aliphatic carbocycles. The molecule has 0 spiro atoms. The third kappa shape index (κ3) is 4.95. The summed E-state index contributed by atoms with van der Waals surface area (Å²) in [5.41, 5.74) is 0.783. The third-order valence-corrected chi connectivity index (χ3v) is 4.39. The Morgan fingerprint density at radius 3 is 2.63 bits per heavy atom. The lowest BCUT2D eigenvalue weighted by atomic mass is 10.1. The number of nitrogens with zero attached hydrogens (tertiary/aromatic N) is 1. The molecule has 1 heterocycles. The van der Waals surface area contributed by atoms with Crippen molar-refractivity contribution in [2.45, 2.75) is 6.42 Å². The number of hydrogen-bond donors (Lipinski definition) is 2. The van der Waals surface area contributed by atoms with Crippen molar-refractivity contribution in [2.24, 2.45) is 0 Å². The summed E-state index contributed by atoms with van der Waals surface area (Å²) in [5, 5.41) is 7.04. The number of anilines is 1. The van der Waals surface area contributed by atoms with Crippen molar-refractivity contribution < 1.29 is 18.4 Å². The van der Waals surface area contributed by atoms with Gasteiger partial charge >= 0.3 is 0 Å². The molecule has 0 radical (unpaired) electrons. The SMILES string of the molecule is O=C(CCNC(=O)c1ccccc1)Nc1nc(-c2cc(F)ccc2F)cs1. The van der Waals surface area contributed by atoms with E-state index in [9.17, 15) is 18.4 Å². The highest BCUT2D eigenvalue weighted by Gasteiger charge is 2.12. The molecule has 5 nitrogen and oxygen atoms in total. The second kappa shape index (κ2) is 8.50. The lowest BCUT2D eigenvalue weighted by Crippen LogP contribution is -2.27. The quantitative estimate of drug-likeness (QED) is 0.675. The first-order chi connectivity index (χ1) is 13.0. The van der Waals surface area contributed by atoms with Crippen LogP contribution in [0.25, 0.3) is 11.3 Å². The second-order valence-corrected chi connectivity index (χ2v) is 6.44. The fraction of sp³-hybridized carbons (Fsp3) is 0.105. The minimum Gasteiger partial charge on any atom is -0.352 e. The van der Waals surface area contributed by atoms with Crippen LogP contribution in [0.15, 0.2) is 53.9 Å². The summed E-state index contributed by atoms with van der Waals surface area (Å²) >= 11 is 1.10. The molecule has 0 unspecified atom stereocenters. The first kappa shape index (κ1) is 18.7. The van der Waals surface area contributed by atoms with Gasteiger partial charge in [0.15, 0.2) is 5.13 Å². The largest absolute Gasteiger partial charge is 0.352 e. The molecule has 0 aliphatic heterocycles. The van der Waals surface area contributed by atoms with Gasteiger partial charge in [-0.15, -0.1) is 11.3 Å². The zero-order valence-corrected chi connectivity index (χ0v) is 14.9. The van der Waals surface area contributed by atoms with Gasteiger partial charge in [0.2, 0.25) is 5.91 Å². The molecule has 0 saturated carbocycles. The maximum absolute atomic E-state index is 13.8. The predicted molar refractivity (Wildman–Crippen MR) is 99.5 cm³/mol. The van der Waals surface area contributed by atoms with Gasteiger partial charge in [-0.25, -0.2) is 13.8 Å². The highest BCUT2D eigenvalue weighted by Crippen LogP contribution is 2.27. The summed E-state index contributed by atoms with van der Waals surface area (Å²) in [6, 6.07) is 11.8. The summed E-state index contributed by atoms with van der Waals surface area (Å²) in [6.07, 6.45) is 0.0574. The van der Waals surface area contributed by atoms with Crippen molar-refractivity contribution in [2.75, 3.05) is 11.9 Å². The van der Waals surface area contributed by atoms with Gasteiger partial charge in [-0.05, 0) is 30.3 Å². The number of aromatic nitrogens is 1. The van der Waals surface area contributed by atoms with Crippen molar-refractivity contribution in [3.8, 4) is 11.3 Å². The van der Waals surface area contributed by atoms with E-state index in [4.69, 9.17) is 0 Å². The van der Waals surface area contributed by atoms with Crippen LogP contribution in [-0.4, -0.2) is 23.3 Å². The molecule has 3 aromatic rings. The number of thiazole rings is 1. The van der Waals surface area contributed by atoms with Crippen LogP contribution in [0.3, 0.4) is 0 Å². The molecule has 0 saturated heterocycles. The van der Waals surface area contributed by atoms with Gasteiger partial charge in [-0.2, -0.15) is 0 Å². The molecule has 8 heteroatoms. The molecule has 27 heavy (non-hydrogen) atoms. The van der Waals surface area contributed by atoms with E-state index in [1.807, 2.05) is 6.07 Å². The Kier molecular flexibility index (Phi) is 5.87. The molecule has 2 amide bonds. The van der Waals surface area contributed by atoms with E-state index in [2.05, 4.69) is 15.6 Å². The van der Waals surface area contributed by atoms with E-state index in [0.29, 0.717) is 5.56 Å². The van der Waals surface area contributed by atoms with Crippen LogP contribution >= 0.6 is 11.3 Å². The Morgan fingerprint density at radius 2 is 1.85 bits per heavy atom. The van der Waals surface area contributed by atoms with Gasteiger partial charge in [-0.1, -0.05) is 18.2 Å². The molecule has 0 aliphatic rings. The molecule has 0 atom stereocenters. The zero-order chi connectivity index (χ0) is 19.2. The minimum absolute atomic E-state index is 0.0295. The molecule has 1 aromatic heterocycles. The van der Waals surface area contributed by atoms with E-state index in [0.717, 1.165) is 29.5 Å². The lowest BCUT2D eigenvalue weighted by Gasteiger charge is -2.05. The summed E-state index contributed by atoms with van der Waals surface area (Å²) in [7, 11) is 0. The molecule has 3 rings (SSSR count). The first-order valence-corrected chi connectivity index (χ1v) is 8.95. The average Bonchev–Trinajstić information content (AvgIpc) is 3.12. The number of halogens is 2. The average molecular weight is 387 g/mol. The van der Waals surface area contributed by atoms with Gasteiger partial charge in [0, 0.05) is 29.5 Å². The topological polar surface area (TPSA) is 71.1 Å². The first-order valence-electron chi connectivity index (χ1n) is 8.07. The van der Waals surface area contributed by atoms with Gasteiger partial charge in [0.25, 0.3) is 5.91 Å². The molecule has 0 bridgehead atoms. The summed E-state index contributed by atoms with van der Waals surface area (Å²) in [5.74, 6) is -1.77. The van der Waals surface area contributed by atoms with Gasteiger partial charge in [0.1, 0.15) is 11.6 Å². The van der Waals surface area contributed by atoms with E-state index in [1.165, 1.54) is 5.38 Å². The Morgan fingerprint density at radius 1 is 1.07 bits per heavy atom. The van der Waals surface area contributed by atoms with Crippen molar-refractivity contribution in [3.63, 3.8) is 0 Å². The fourth-order valence-electron chi connectivity index (χ4n) is 2.31. The maximum Gasteiger partial charge on any atom is 0.251 e. The van der Waals surface area contributed by atoms with E-state index in [1.54, 1.807) is 24.3 Å². The highest BCUT2D eigenvalue weighted by molar-refractivity contribution is 7.14. The molecular formula is C19H15F2N3O2S. The fourth-order valence-corrected chi connectivity index (χ4v) is 3.04. The van der Waals surface area contributed by atoms with Crippen LogP contribution in [0, 0.1) is 11.6 Å². The smallest absolute Gasteiger partial charge is 0.251 e. The number of nitrogens with one attached hydrogen (secondary N) is 2. The minimum atomic E-state index is -0.594. The van der Waals surface area contributed by atoms with E-state index >= 15 is 0 Å².